The maximum absolute atomic E-state index is 10.0. The lowest BCUT2D eigenvalue weighted by molar-refractivity contribution is 0.0874. The van der Waals surface area contributed by atoms with Crippen LogP contribution in [0.3, 0.4) is 0 Å². The second-order valence-corrected chi connectivity index (χ2v) is 5.25. The van der Waals surface area contributed by atoms with E-state index in [-0.39, 0.29) is 0 Å². The van der Waals surface area contributed by atoms with Crippen LogP contribution in [0.5, 0.6) is 0 Å². The molecule has 6 nitrogen and oxygen atoms in total. The summed E-state index contributed by atoms with van der Waals surface area (Å²) in [7, 11) is 0. The molecule has 0 amide bonds. The van der Waals surface area contributed by atoms with Crippen molar-refractivity contribution in [1.82, 2.24) is 9.97 Å². The largest absolute Gasteiger partial charge is 0.389 e. The topological polar surface area (TPSA) is 87.3 Å². The molecule has 0 aliphatic heterocycles. The lowest BCUT2D eigenvalue weighted by Gasteiger charge is -2.30. The SMILES string of the molecule is CCCc1c(NN)ncnc1N(CC)CC(C)(C)O. The quantitative estimate of drug-likeness (QED) is 0.510. The molecule has 4 N–H and O–H groups in total. The van der Waals surface area contributed by atoms with Crippen LogP contribution < -0.4 is 16.2 Å². The summed E-state index contributed by atoms with van der Waals surface area (Å²) in [5.74, 6) is 7.01. The summed E-state index contributed by atoms with van der Waals surface area (Å²) in [6.45, 7) is 9.00. The number of hydrazine groups is 1. The number of nitrogens with zero attached hydrogens (tertiary/aromatic N) is 3. The van der Waals surface area contributed by atoms with Crippen LogP contribution in [-0.2, 0) is 6.42 Å². The zero-order valence-corrected chi connectivity index (χ0v) is 12.3. The predicted molar refractivity (Wildman–Crippen MR) is 78.0 cm³/mol. The van der Waals surface area contributed by atoms with Gasteiger partial charge in [0.2, 0.25) is 0 Å². The molecular weight excluding hydrogens is 242 g/mol. The first-order valence-electron chi connectivity index (χ1n) is 6.70. The Hall–Kier alpha value is -1.40. The average Bonchev–Trinajstić information content (AvgIpc) is 2.35. The van der Waals surface area contributed by atoms with E-state index in [9.17, 15) is 5.11 Å². The number of aromatic nitrogens is 2. The average molecular weight is 267 g/mol. The third-order valence-corrected chi connectivity index (χ3v) is 2.82. The smallest absolute Gasteiger partial charge is 0.148 e. The second kappa shape index (κ2) is 6.68. The molecule has 1 aromatic heterocycles. The van der Waals surface area contributed by atoms with Gasteiger partial charge >= 0.3 is 0 Å². The monoisotopic (exact) mass is 267 g/mol. The van der Waals surface area contributed by atoms with Crippen molar-refractivity contribution >= 4 is 11.6 Å². The molecule has 0 saturated heterocycles. The lowest BCUT2D eigenvalue weighted by Crippen LogP contribution is -2.39. The highest BCUT2D eigenvalue weighted by molar-refractivity contribution is 5.58. The van der Waals surface area contributed by atoms with Crippen molar-refractivity contribution in [2.75, 3.05) is 23.4 Å². The van der Waals surface area contributed by atoms with Gasteiger partial charge in [-0.15, -0.1) is 0 Å². The molecule has 1 rings (SSSR count). The standard InChI is InChI=1S/C13H25N5O/c1-5-7-10-11(17-14)15-9-16-12(10)18(6-2)8-13(3,4)19/h9,19H,5-8,14H2,1-4H3,(H,15,16,17). The molecule has 0 spiro atoms. The minimum Gasteiger partial charge on any atom is -0.389 e. The molecule has 0 atom stereocenters. The van der Waals surface area contributed by atoms with Crippen molar-refractivity contribution in [3.8, 4) is 0 Å². The molecule has 1 heterocycles. The minimum atomic E-state index is -0.777. The molecule has 1 aromatic rings. The first-order chi connectivity index (χ1) is 8.92. The van der Waals surface area contributed by atoms with Gasteiger partial charge in [0.15, 0.2) is 0 Å². The molecule has 0 aliphatic carbocycles. The van der Waals surface area contributed by atoms with E-state index < -0.39 is 5.60 Å². The zero-order valence-electron chi connectivity index (χ0n) is 12.3. The van der Waals surface area contributed by atoms with Crippen molar-refractivity contribution in [2.24, 2.45) is 5.84 Å². The number of anilines is 2. The van der Waals surface area contributed by atoms with E-state index in [2.05, 4.69) is 22.3 Å². The molecule has 6 heteroatoms. The van der Waals surface area contributed by atoms with E-state index in [4.69, 9.17) is 5.84 Å². The van der Waals surface area contributed by atoms with Crippen molar-refractivity contribution in [1.29, 1.82) is 0 Å². The number of hydrogen-bond donors (Lipinski definition) is 3. The summed E-state index contributed by atoms with van der Waals surface area (Å²) in [5.41, 5.74) is 2.84. The lowest BCUT2D eigenvalue weighted by atomic mass is 10.1. The predicted octanol–water partition coefficient (Wildman–Crippen LogP) is 1.31. The number of rotatable bonds is 7. The molecule has 0 radical (unpaired) electrons. The fraction of sp³-hybridized carbons (Fsp3) is 0.692. The maximum atomic E-state index is 10.0. The van der Waals surface area contributed by atoms with Gasteiger partial charge in [0, 0.05) is 18.7 Å². The van der Waals surface area contributed by atoms with Crippen LogP contribution in [0.25, 0.3) is 0 Å². The van der Waals surface area contributed by atoms with Gasteiger partial charge < -0.3 is 15.4 Å². The summed E-state index contributed by atoms with van der Waals surface area (Å²) < 4.78 is 0. The second-order valence-electron chi connectivity index (χ2n) is 5.25. The number of likely N-dealkylation sites (N-methyl/N-ethyl adjacent to an activating group) is 1. The Morgan fingerprint density at radius 1 is 1.37 bits per heavy atom. The molecule has 0 aliphatic rings. The highest BCUT2D eigenvalue weighted by Gasteiger charge is 2.21. The molecule has 0 saturated carbocycles. The molecule has 0 bridgehead atoms. The van der Waals surface area contributed by atoms with E-state index in [1.807, 2.05) is 11.8 Å². The van der Waals surface area contributed by atoms with E-state index in [0.717, 1.165) is 30.8 Å². The normalized spacial score (nSPS) is 11.5. The van der Waals surface area contributed by atoms with Crippen molar-refractivity contribution in [3.63, 3.8) is 0 Å². The van der Waals surface area contributed by atoms with E-state index in [1.54, 1.807) is 13.8 Å². The van der Waals surface area contributed by atoms with Crippen LogP contribution in [0.4, 0.5) is 11.6 Å². The summed E-state index contributed by atoms with van der Waals surface area (Å²) in [6.07, 6.45) is 3.32. The fourth-order valence-corrected chi connectivity index (χ4v) is 2.08. The Morgan fingerprint density at radius 3 is 2.53 bits per heavy atom. The maximum Gasteiger partial charge on any atom is 0.148 e. The van der Waals surface area contributed by atoms with Crippen molar-refractivity contribution in [3.05, 3.63) is 11.9 Å². The summed E-state index contributed by atoms with van der Waals surface area (Å²) in [5, 5.41) is 10.0. The van der Waals surface area contributed by atoms with E-state index in [0.29, 0.717) is 12.4 Å². The van der Waals surface area contributed by atoms with E-state index in [1.165, 1.54) is 6.33 Å². The molecule has 0 unspecified atom stereocenters. The molecule has 0 aromatic carbocycles. The molecule has 108 valence electrons. The Kier molecular flexibility index (Phi) is 5.50. The molecule has 0 fully saturated rings. The van der Waals surface area contributed by atoms with Crippen LogP contribution in [0.2, 0.25) is 0 Å². The number of nitrogens with one attached hydrogen (secondary N) is 1. The number of hydrogen-bond acceptors (Lipinski definition) is 6. The van der Waals surface area contributed by atoms with Crippen LogP contribution in [0, 0.1) is 0 Å². The van der Waals surface area contributed by atoms with Gasteiger partial charge in [0.05, 0.1) is 5.60 Å². The summed E-state index contributed by atoms with van der Waals surface area (Å²) in [4.78, 5) is 10.6. The summed E-state index contributed by atoms with van der Waals surface area (Å²) in [6, 6.07) is 0. The fourth-order valence-electron chi connectivity index (χ4n) is 2.08. The van der Waals surface area contributed by atoms with E-state index >= 15 is 0 Å². The Labute approximate surface area is 115 Å². The molecular formula is C13H25N5O. The third kappa shape index (κ3) is 4.33. The van der Waals surface area contributed by atoms with Gasteiger partial charge in [-0.1, -0.05) is 13.3 Å². The van der Waals surface area contributed by atoms with Crippen LogP contribution >= 0.6 is 0 Å². The Balaban J connectivity index is 3.15. The van der Waals surface area contributed by atoms with Gasteiger partial charge in [-0.05, 0) is 27.2 Å². The summed E-state index contributed by atoms with van der Waals surface area (Å²) >= 11 is 0. The van der Waals surface area contributed by atoms with Crippen LogP contribution in [0.15, 0.2) is 6.33 Å². The number of nitrogen functional groups attached to an aromatic ring is 1. The molecule has 19 heavy (non-hydrogen) atoms. The van der Waals surface area contributed by atoms with Gasteiger partial charge in [0.1, 0.15) is 18.0 Å². The van der Waals surface area contributed by atoms with Gasteiger partial charge in [-0.2, -0.15) is 0 Å². The van der Waals surface area contributed by atoms with Crippen molar-refractivity contribution in [2.45, 2.75) is 46.1 Å². The first-order valence-corrected chi connectivity index (χ1v) is 6.70. The zero-order chi connectivity index (χ0) is 14.5. The number of nitrogens with two attached hydrogens (primary N) is 1. The van der Waals surface area contributed by atoms with Gasteiger partial charge in [0.25, 0.3) is 0 Å². The highest BCUT2D eigenvalue weighted by Crippen LogP contribution is 2.25. The number of aliphatic hydroxyl groups is 1. The van der Waals surface area contributed by atoms with Crippen LogP contribution in [0.1, 0.15) is 39.7 Å². The highest BCUT2D eigenvalue weighted by atomic mass is 16.3. The van der Waals surface area contributed by atoms with Gasteiger partial charge in [-0.3, -0.25) is 0 Å². The van der Waals surface area contributed by atoms with Crippen molar-refractivity contribution < 1.29 is 5.11 Å². The van der Waals surface area contributed by atoms with Gasteiger partial charge in [-0.25, -0.2) is 15.8 Å². The third-order valence-electron chi connectivity index (χ3n) is 2.82. The first kappa shape index (κ1) is 15.7. The minimum absolute atomic E-state index is 0.515. The Morgan fingerprint density at radius 2 is 2.05 bits per heavy atom. The van der Waals surface area contributed by atoms with Crippen LogP contribution in [-0.4, -0.2) is 33.8 Å². The Bertz CT molecular complexity index is 403.